The maximum atomic E-state index is 11.2. The molecule has 0 bridgehead atoms. The quantitative estimate of drug-likeness (QED) is 0.514. The lowest BCUT2D eigenvalue weighted by atomic mass is 10.1. The molecular formula is C9H15NO4S. The molecule has 1 saturated heterocycles. The van der Waals surface area contributed by atoms with Gasteiger partial charge in [0, 0.05) is 13.1 Å². The van der Waals surface area contributed by atoms with Crippen molar-refractivity contribution in [3.05, 3.63) is 12.7 Å². The van der Waals surface area contributed by atoms with Crippen LogP contribution in [0.25, 0.3) is 0 Å². The second-order valence-electron chi connectivity index (χ2n) is 3.53. The Labute approximate surface area is 89.8 Å². The number of hydrogen-bond acceptors (Lipinski definition) is 4. The molecule has 0 unspecified atom stereocenters. The van der Waals surface area contributed by atoms with Crippen molar-refractivity contribution >= 4 is 16.0 Å². The molecule has 0 saturated carbocycles. The van der Waals surface area contributed by atoms with Crippen LogP contribution in [0.4, 0.5) is 0 Å². The molecule has 0 radical (unpaired) electrons. The summed E-state index contributed by atoms with van der Waals surface area (Å²) in [6.07, 6.45) is 3.10. The standard InChI is InChI=1S/C9H15NO4S/c1-3-9(11)10-6-4-8(5-7-10)14-15(2,12)13/h3,8H,1,4-7H2,2H3. The molecule has 0 aliphatic carbocycles. The number of amides is 1. The Kier molecular flexibility index (Phi) is 3.87. The van der Waals surface area contributed by atoms with Gasteiger partial charge in [0.2, 0.25) is 5.91 Å². The molecule has 0 spiro atoms. The summed E-state index contributed by atoms with van der Waals surface area (Å²) in [5, 5.41) is 0. The summed E-state index contributed by atoms with van der Waals surface area (Å²) < 4.78 is 26.6. The van der Waals surface area contributed by atoms with Crippen molar-refractivity contribution in [1.82, 2.24) is 4.90 Å². The van der Waals surface area contributed by atoms with E-state index in [1.165, 1.54) is 6.08 Å². The van der Waals surface area contributed by atoms with Gasteiger partial charge < -0.3 is 4.90 Å². The van der Waals surface area contributed by atoms with Crippen molar-refractivity contribution in [2.75, 3.05) is 19.3 Å². The van der Waals surface area contributed by atoms with E-state index in [9.17, 15) is 13.2 Å². The zero-order valence-corrected chi connectivity index (χ0v) is 9.50. The summed E-state index contributed by atoms with van der Waals surface area (Å²) in [5.41, 5.74) is 0. The summed E-state index contributed by atoms with van der Waals surface area (Å²) in [6.45, 7) is 4.43. The Morgan fingerprint density at radius 3 is 2.40 bits per heavy atom. The van der Waals surface area contributed by atoms with Crippen LogP contribution in [0.2, 0.25) is 0 Å². The lowest BCUT2D eigenvalue weighted by Gasteiger charge is -2.30. The van der Waals surface area contributed by atoms with Gasteiger partial charge >= 0.3 is 0 Å². The first-order valence-corrected chi connectivity index (χ1v) is 6.53. The zero-order chi connectivity index (χ0) is 11.5. The molecule has 0 N–H and O–H groups in total. The van der Waals surface area contributed by atoms with Crippen molar-refractivity contribution in [2.24, 2.45) is 0 Å². The second kappa shape index (κ2) is 4.76. The third kappa shape index (κ3) is 4.01. The average molecular weight is 233 g/mol. The van der Waals surface area contributed by atoms with Gasteiger partial charge in [0.1, 0.15) is 0 Å². The molecule has 1 aliphatic heterocycles. The van der Waals surface area contributed by atoms with Crippen LogP contribution in [-0.4, -0.2) is 44.7 Å². The average Bonchev–Trinajstić information content (AvgIpc) is 2.15. The van der Waals surface area contributed by atoms with Gasteiger partial charge in [-0.3, -0.25) is 8.98 Å². The maximum absolute atomic E-state index is 11.2. The first-order valence-electron chi connectivity index (χ1n) is 4.72. The fourth-order valence-electron chi connectivity index (χ4n) is 1.55. The van der Waals surface area contributed by atoms with E-state index in [-0.39, 0.29) is 12.0 Å². The minimum Gasteiger partial charge on any atom is -0.339 e. The molecule has 0 aromatic carbocycles. The number of hydrogen-bond donors (Lipinski definition) is 0. The molecule has 15 heavy (non-hydrogen) atoms. The van der Waals surface area contributed by atoms with Gasteiger partial charge in [-0.25, -0.2) is 0 Å². The molecular weight excluding hydrogens is 218 g/mol. The molecule has 0 aromatic heterocycles. The van der Waals surface area contributed by atoms with Crippen LogP contribution in [0.1, 0.15) is 12.8 Å². The Bertz CT molecular complexity index is 341. The smallest absolute Gasteiger partial charge is 0.264 e. The summed E-state index contributed by atoms with van der Waals surface area (Å²) in [5.74, 6) is -0.118. The normalized spacial score (nSPS) is 18.9. The lowest BCUT2D eigenvalue weighted by Crippen LogP contribution is -2.40. The lowest BCUT2D eigenvalue weighted by molar-refractivity contribution is -0.127. The highest BCUT2D eigenvalue weighted by Crippen LogP contribution is 2.15. The van der Waals surface area contributed by atoms with Crippen LogP contribution >= 0.6 is 0 Å². The topological polar surface area (TPSA) is 63.7 Å². The van der Waals surface area contributed by atoms with Crippen LogP contribution in [-0.2, 0) is 19.1 Å². The van der Waals surface area contributed by atoms with Gasteiger partial charge in [-0.15, -0.1) is 0 Å². The van der Waals surface area contributed by atoms with Crippen molar-refractivity contribution in [3.63, 3.8) is 0 Å². The van der Waals surface area contributed by atoms with E-state index in [4.69, 9.17) is 4.18 Å². The van der Waals surface area contributed by atoms with Crippen molar-refractivity contribution in [1.29, 1.82) is 0 Å². The maximum Gasteiger partial charge on any atom is 0.264 e. The molecule has 6 heteroatoms. The predicted octanol–water partition coefficient (Wildman–Crippen LogP) is 0.140. The van der Waals surface area contributed by atoms with Crippen LogP contribution in [0.15, 0.2) is 12.7 Å². The van der Waals surface area contributed by atoms with Crippen molar-refractivity contribution in [2.45, 2.75) is 18.9 Å². The number of carbonyl (C=O) groups is 1. The van der Waals surface area contributed by atoms with E-state index in [1.807, 2.05) is 0 Å². The number of piperidine rings is 1. The van der Waals surface area contributed by atoms with Crippen molar-refractivity contribution in [3.8, 4) is 0 Å². The molecule has 86 valence electrons. The van der Waals surface area contributed by atoms with E-state index in [0.717, 1.165) is 6.26 Å². The van der Waals surface area contributed by atoms with Crippen LogP contribution in [0, 0.1) is 0 Å². The van der Waals surface area contributed by atoms with Crippen LogP contribution in [0.3, 0.4) is 0 Å². The fourth-order valence-corrected chi connectivity index (χ4v) is 2.24. The third-order valence-electron chi connectivity index (χ3n) is 2.24. The van der Waals surface area contributed by atoms with E-state index in [1.54, 1.807) is 4.90 Å². The highest BCUT2D eigenvalue weighted by atomic mass is 32.2. The van der Waals surface area contributed by atoms with Gasteiger partial charge in [-0.1, -0.05) is 6.58 Å². The minimum atomic E-state index is -3.39. The summed E-state index contributed by atoms with van der Waals surface area (Å²) in [4.78, 5) is 12.8. The molecule has 5 nitrogen and oxygen atoms in total. The molecule has 1 heterocycles. The zero-order valence-electron chi connectivity index (χ0n) is 8.68. The Morgan fingerprint density at radius 2 is 2.00 bits per heavy atom. The monoisotopic (exact) mass is 233 g/mol. The second-order valence-corrected chi connectivity index (χ2v) is 5.13. The number of nitrogens with zero attached hydrogens (tertiary/aromatic N) is 1. The molecule has 1 amide bonds. The van der Waals surface area contributed by atoms with E-state index < -0.39 is 10.1 Å². The SMILES string of the molecule is C=CC(=O)N1CCC(OS(C)(=O)=O)CC1. The van der Waals surface area contributed by atoms with E-state index >= 15 is 0 Å². The minimum absolute atomic E-state index is 0.118. The molecule has 0 aromatic rings. The van der Waals surface area contributed by atoms with Gasteiger partial charge in [-0.05, 0) is 18.9 Å². The first-order chi connectivity index (χ1) is 6.92. The molecule has 1 fully saturated rings. The highest BCUT2D eigenvalue weighted by molar-refractivity contribution is 7.86. The van der Waals surface area contributed by atoms with Gasteiger partial charge in [0.25, 0.3) is 10.1 Å². The van der Waals surface area contributed by atoms with Gasteiger partial charge in [0.05, 0.1) is 12.4 Å². The summed E-state index contributed by atoms with van der Waals surface area (Å²) >= 11 is 0. The Balaban J connectivity index is 2.43. The predicted molar refractivity (Wildman–Crippen MR) is 55.7 cm³/mol. The molecule has 1 aliphatic rings. The fraction of sp³-hybridized carbons (Fsp3) is 0.667. The third-order valence-corrected chi connectivity index (χ3v) is 2.86. The number of rotatable bonds is 3. The number of likely N-dealkylation sites (tertiary alicyclic amines) is 1. The molecule has 0 atom stereocenters. The van der Waals surface area contributed by atoms with Crippen LogP contribution < -0.4 is 0 Å². The van der Waals surface area contributed by atoms with Gasteiger partial charge in [-0.2, -0.15) is 8.42 Å². The van der Waals surface area contributed by atoms with E-state index in [2.05, 4.69) is 6.58 Å². The Hall–Kier alpha value is -0.880. The largest absolute Gasteiger partial charge is 0.339 e. The summed E-state index contributed by atoms with van der Waals surface area (Å²) in [7, 11) is -3.39. The highest BCUT2D eigenvalue weighted by Gasteiger charge is 2.24. The Morgan fingerprint density at radius 1 is 1.47 bits per heavy atom. The van der Waals surface area contributed by atoms with Crippen molar-refractivity contribution < 1.29 is 17.4 Å². The molecule has 1 rings (SSSR count). The van der Waals surface area contributed by atoms with Gasteiger partial charge in [0.15, 0.2) is 0 Å². The van der Waals surface area contributed by atoms with E-state index in [0.29, 0.717) is 25.9 Å². The summed E-state index contributed by atoms with van der Waals surface area (Å²) in [6, 6.07) is 0. The number of carbonyl (C=O) groups excluding carboxylic acids is 1. The first kappa shape index (κ1) is 12.2. The van der Waals surface area contributed by atoms with Crippen LogP contribution in [0.5, 0.6) is 0 Å².